The molecule has 41 heavy (non-hydrogen) atoms. The molecule has 9 nitrogen and oxygen atoms in total. The number of aromatic amines is 1. The van der Waals surface area contributed by atoms with Gasteiger partial charge < -0.3 is 23.8 Å². The fourth-order valence-electron chi connectivity index (χ4n) is 6.45. The van der Waals surface area contributed by atoms with E-state index in [0.29, 0.717) is 31.0 Å². The molecule has 1 N–H and O–H groups in total. The highest BCUT2D eigenvalue weighted by molar-refractivity contribution is 5.61. The van der Waals surface area contributed by atoms with Crippen LogP contribution in [0.1, 0.15) is 74.7 Å². The average Bonchev–Trinajstić information content (AvgIpc) is 3.54. The fourth-order valence-corrected chi connectivity index (χ4v) is 6.45. The number of aromatic nitrogens is 4. The van der Waals surface area contributed by atoms with Crippen molar-refractivity contribution < 1.29 is 18.9 Å². The zero-order valence-corrected chi connectivity index (χ0v) is 24.9. The van der Waals surface area contributed by atoms with E-state index in [1.54, 1.807) is 14.2 Å². The first-order chi connectivity index (χ1) is 20.1. The predicted molar refractivity (Wildman–Crippen MR) is 159 cm³/mol. The summed E-state index contributed by atoms with van der Waals surface area (Å²) in [6.07, 6.45) is 5.42. The van der Waals surface area contributed by atoms with Crippen molar-refractivity contribution >= 4 is 5.69 Å². The second kappa shape index (κ2) is 14.1. The maximum absolute atomic E-state index is 6.74. The highest BCUT2D eigenvalue weighted by atomic mass is 16.5. The molecule has 1 saturated carbocycles. The third-order valence-electron chi connectivity index (χ3n) is 8.75. The standard InChI is InChI=1S/C32H45N5O4/c1-22(2)27(32-33-35-36-34-32)18-23-6-12-30(28(19-23)25-8-10-26(39-4)11-9-25)41-21-24-7-13-31-29(20-24)37(15-17-40-31)14-5-16-38-3/h7-11,13,20,22-23,27-28,30H,5-6,12,14-19,21H2,1-4H3,(H,33,34,35,36)/t23-,27-,28+,30-/m0/s1. The molecule has 3 aromatic rings. The van der Waals surface area contributed by atoms with Gasteiger partial charge in [0.05, 0.1) is 32.1 Å². The Bertz CT molecular complexity index is 1200. The Hall–Kier alpha value is -3.17. The smallest absolute Gasteiger partial charge is 0.177 e. The minimum atomic E-state index is 0.146. The first-order valence-corrected chi connectivity index (χ1v) is 15.0. The molecule has 4 atom stereocenters. The highest BCUT2D eigenvalue weighted by Gasteiger charge is 2.35. The lowest BCUT2D eigenvalue weighted by atomic mass is 9.72. The first-order valence-electron chi connectivity index (χ1n) is 15.0. The lowest BCUT2D eigenvalue weighted by Gasteiger charge is -2.38. The molecule has 222 valence electrons. The summed E-state index contributed by atoms with van der Waals surface area (Å²) in [6, 6.07) is 15.0. The molecule has 1 fully saturated rings. The number of nitrogens with zero attached hydrogens (tertiary/aromatic N) is 4. The van der Waals surface area contributed by atoms with Gasteiger partial charge in [0.2, 0.25) is 0 Å². The van der Waals surface area contributed by atoms with Crippen LogP contribution in [0.5, 0.6) is 11.5 Å². The van der Waals surface area contributed by atoms with E-state index < -0.39 is 0 Å². The Morgan fingerprint density at radius 2 is 1.95 bits per heavy atom. The molecular formula is C32H45N5O4. The number of methoxy groups -OCH3 is 2. The summed E-state index contributed by atoms with van der Waals surface area (Å²) < 4.78 is 23.4. The molecule has 5 rings (SSSR count). The van der Waals surface area contributed by atoms with E-state index in [1.807, 2.05) is 0 Å². The van der Waals surface area contributed by atoms with Crippen molar-refractivity contribution in [2.45, 2.75) is 70.5 Å². The van der Waals surface area contributed by atoms with Gasteiger partial charge in [-0.2, -0.15) is 5.21 Å². The normalized spacial score (nSPS) is 21.4. The van der Waals surface area contributed by atoms with Gasteiger partial charge in [-0.05, 0) is 79.3 Å². The van der Waals surface area contributed by atoms with Crippen LogP contribution >= 0.6 is 0 Å². The van der Waals surface area contributed by atoms with Crippen LogP contribution in [0.4, 0.5) is 5.69 Å². The summed E-state index contributed by atoms with van der Waals surface area (Å²) in [5.41, 5.74) is 3.65. The van der Waals surface area contributed by atoms with Crippen LogP contribution in [-0.4, -0.2) is 67.3 Å². The van der Waals surface area contributed by atoms with Crippen LogP contribution in [0.25, 0.3) is 0 Å². The maximum Gasteiger partial charge on any atom is 0.177 e. The number of H-pyrrole nitrogens is 1. The molecule has 0 bridgehead atoms. The summed E-state index contributed by atoms with van der Waals surface area (Å²) in [6.45, 7) is 8.41. The Labute approximate surface area is 243 Å². The molecule has 0 saturated heterocycles. The maximum atomic E-state index is 6.74. The van der Waals surface area contributed by atoms with Crippen LogP contribution < -0.4 is 14.4 Å². The van der Waals surface area contributed by atoms with Gasteiger partial charge in [-0.15, -0.1) is 10.2 Å². The van der Waals surface area contributed by atoms with E-state index in [0.717, 1.165) is 74.8 Å². The molecule has 2 heterocycles. The van der Waals surface area contributed by atoms with Gasteiger partial charge in [0.25, 0.3) is 0 Å². The lowest BCUT2D eigenvalue weighted by molar-refractivity contribution is -0.0105. The lowest BCUT2D eigenvalue weighted by Crippen LogP contribution is -2.34. The van der Waals surface area contributed by atoms with Crippen LogP contribution in [0, 0.1) is 11.8 Å². The quantitative estimate of drug-likeness (QED) is 0.263. The zero-order valence-electron chi connectivity index (χ0n) is 24.9. The van der Waals surface area contributed by atoms with Crippen molar-refractivity contribution in [3.8, 4) is 11.5 Å². The Kier molecular flexibility index (Phi) is 10.1. The van der Waals surface area contributed by atoms with Crippen LogP contribution in [0.3, 0.4) is 0 Å². The van der Waals surface area contributed by atoms with Gasteiger partial charge in [0.1, 0.15) is 18.1 Å². The summed E-state index contributed by atoms with van der Waals surface area (Å²) in [5, 5.41) is 15.1. The molecule has 1 aromatic heterocycles. The number of fused-ring (bicyclic) bond motifs is 1. The second-order valence-corrected chi connectivity index (χ2v) is 11.7. The molecule has 0 unspecified atom stereocenters. The topological polar surface area (TPSA) is 94.6 Å². The van der Waals surface area contributed by atoms with Crippen molar-refractivity contribution in [3.05, 3.63) is 59.4 Å². The minimum Gasteiger partial charge on any atom is -0.497 e. The second-order valence-electron chi connectivity index (χ2n) is 11.7. The number of ether oxygens (including phenoxy) is 4. The minimum absolute atomic E-state index is 0.146. The molecule has 2 aromatic carbocycles. The van der Waals surface area contributed by atoms with E-state index in [2.05, 4.69) is 81.8 Å². The van der Waals surface area contributed by atoms with Gasteiger partial charge in [-0.25, -0.2) is 0 Å². The molecule has 9 heteroatoms. The largest absolute Gasteiger partial charge is 0.497 e. The predicted octanol–water partition coefficient (Wildman–Crippen LogP) is 5.74. The highest BCUT2D eigenvalue weighted by Crippen LogP contribution is 2.43. The van der Waals surface area contributed by atoms with Gasteiger partial charge in [0, 0.05) is 32.1 Å². The fraction of sp³-hybridized carbons (Fsp3) is 0.594. The summed E-state index contributed by atoms with van der Waals surface area (Å²) in [7, 11) is 3.47. The van der Waals surface area contributed by atoms with Crippen LogP contribution in [0.15, 0.2) is 42.5 Å². The molecule has 2 aliphatic rings. The van der Waals surface area contributed by atoms with Crippen LogP contribution in [-0.2, 0) is 16.1 Å². The molecule has 0 amide bonds. The summed E-state index contributed by atoms with van der Waals surface area (Å²) >= 11 is 0. The van der Waals surface area contributed by atoms with E-state index in [9.17, 15) is 0 Å². The number of hydrogen-bond acceptors (Lipinski definition) is 8. The Morgan fingerprint density at radius 1 is 1.10 bits per heavy atom. The number of hydrogen-bond donors (Lipinski definition) is 1. The van der Waals surface area contributed by atoms with Crippen molar-refractivity contribution in [1.82, 2.24) is 20.6 Å². The number of anilines is 1. The number of rotatable bonds is 13. The number of tetrazole rings is 1. The SMILES string of the molecule is COCCCN1CCOc2ccc(CO[C@H]3CC[C@@H](C[C@H](c4nn[nH]n4)C(C)C)C[C@@H]3c3ccc(OC)cc3)cc21. The van der Waals surface area contributed by atoms with E-state index in [1.165, 1.54) is 11.1 Å². The summed E-state index contributed by atoms with van der Waals surface area (Å²) in [4.78, 5) is 2.40. The number of benzene rings is 2. The van der Waals surface area contributed by atoms with Crippen LogP contribution in [0.2, 0.25) is 0 Å². The zero-order chi connectivity index (χ0) is 28.6. The van der Waals surface area contributed by atoms with Gasteiger partial charge >= 0.3 is 0 Å². The first kappa shape index (κ1) is 29.3. The Balaban J connectivity index is 1.29. The van der Waals surface area contributed by atoms with Gasteiger partial charge in [0.15, 0.2) is 5.82 Å². The van der Waals surface area contributed by atoms with E-state index in [4.69, 9.17) is 18.9 Å². The van der Waals surface area contributed by atoms with Gasteiger partial charge in [-0.3, -0.25) is 0 Å². The molecule has 1 aliphatic carbocycles. The van der Waals surface area contributed by atoms with Gasteiger partial charge in [-0.1, -0.05) is 37.3 Å². The molecule has 0 radical (unpaired) electrons. The van der Waals surface area contributed by atoms with Crippen molar-refractivity contribution in [2.75, 3.05) is 45.4 Å². The van der Waals surface area contributed by atoms with Crippen molar-refractivity contribution in [2.24, 2.45) is 11.8 Å². The average molecular weight is 564 g/mol. The van der Waals surface area contributed by atoms with Crippen molar-refractivity contribution in [3.63, 3.8) is 0 Å². The van der Waals surface area contributed by atoms with E-state index in [-0.39, 0.29) is 12.0 Å². The molecule has 1 aliphatic heterocycles. The summed E-state index contributed by atoms with van der Waals surface area (Å²) in [5.74, 6) is 4.27. The van der Waals surface area contributed by atoms with E-state index >= 15 is 0 Å². The third kappa shape index (κ3) is 7.38. The molecular weight excluding hydrogens is 518 g/mol. The Morgan fingerprint density at radius 3 is 2.68 bits per heavy atom. The monoisotopic (exact) mass is 563 g/mol. The molecule has 0 spiro atoms. The third-order valence-corrected chi connectivity index (χ3v) is 8.75. The van der Waals surface area contributed by atoms with Crippen molar-refractivity contribution in [1.29, 1.82) is 0 Å². The number of nitrogens with one attached hydrogen (secondary N) is 1.